The van der Waals surface area contributed by atoms with E-state index in [1.54, 1.807) is 11.8 Å². The lowest BCUT2D eigenvalue weighted by Gasteiger charge is -2.08. The lowest BCUT2D eigenvalue weighted by molar-refractivity contribution is 1.32. The fraction of sp³-hybridized carbons (Fsp3) is 0.0769. The number of hydrogen-bond acceptors (Lipinski definition) is 2. The third-order valence-electron chi connectivity index (χ3n) is 2.36. The van der Waals surface area contributed by atoms with E-state index in [1.807, 2.05) is 37.3 Å². The Kier molecular flexibility index (Phi) is 4.02. The molecule has 4 heteroatoms. The quantitative estimate of drug-likeness (QED) is 0.772. The van der Waals surface area contributed by atoms with Crippen LogP contribution in [-0.2, 0) is 0 Å². The summed E-state index contributed by atoms with van der Waals surface area (Å²) < 4.78 is 1.01. The van der Waals surface area contributed by atoms with Crippen LogP contribution < -0.4 is 5.73 Å². The van der Waals surface area contributed by atoms with Gasteiger partial charge in [0, 0.05) is 25.0 Å². The Bertz CT molecular complexity index is 540. The molecular weight excluding hydrogens is 318 g/mol. The Morgan fingerprint density at radius 2 is 1.82 bits per heavy atom. The van der Waals surface area contributed by atoms with E-state index in [9.17, 15) is 0 Å². The summed E-state index contributed by atoms with van der Waals surface area (Å²) in [5.41, 5.74) is 7.74. The molecule has 0 aliphatic rings. The van der Waals surface area contributed by atoms with Crippen molar-refractivity contribution in [2.75, 3.05) is 5.73 Å². The smallest absolute Gasteiger partial charge is 0.0406 e. The summed E-state index contributed by atoms with van der Waals surface area (Å²) >= 11 is 11.1. The number of nitrogens with two attached hydrogens (primary N) is 1. The van der Waals surface area contributed by atoms with Crippen LogP contribution >= 0.6 is 39.3 Å². The second-order valence-electron chi connectivity index (χ2n) is 3.70. The topological polar surface area (TPSA) is 26.0 Å². The van der Waals surface area contributed by atoms with Crippen LogP contribution in [0.2, 0.25) is 5.02 Å². The van der Waals surface area contributed by atoms with Crippen molar-refractivity contribution in [2.24, 2.45) is 0 Å². The Hall–Kier alpha value is -0.640. The highest BCUT2D eigenvalue weighted by molar-refractivity contribution is 9.10. The summed E-state index contributed by atoms with van der Waals surface area (Å²) in [6.45, 7) is 2.01. The monoisotopic (exact) mass is 327 g/mol. The molecular formula is C13H11BrClNS. The number of halogens is 2. The highest BCUT2D eigenvalue weighted by Crippen LogP contribution is 2.36. The van der Waals surface area contributed by atoms with Crippen LogP contribution in [0, 0.1) is 6.92 Å². The summed E-state index contributed by atoms with van der Waals surface area (Å²) in [5.74, 6) is 0. The molecule has 0 spiro atoms. The van der Waals surface area contributed by atoms with Crippen molar-refractivity contribution < 1.29 is 0 Å². The fourth-order valence-corrected chi connectivity index (χ4v) is 3.03. The van der Waals surface area contributed by atoms with Gasteiger partial charge in [-0.25, -0.2) is 0 Å². The van der Waals surface area contributed by atoms with E-state index >= 15 is 0 Å². The van der Waals surface area contributed by atoms with Crippen LogP contribution in [0.4, 0.5) is 5.69 Å². The first kappa shape index (κ1) is 12.8. The highest BCUT2D eigenvalue weighted by Gasteiger charge is 2.05. The maximum atomic E-state index is 5.86. The van der Waals surface area contributed by atoms with Gasteiger partial charge in [-0.3, -0.25) is 0 Å². The number of nitrogen functional groups attached to an aromatic ring is 1. The normalized spacial score (nSPS) is 10.5. The van der Waals surface area contributed by atoms with Crippen LogP contribution in [0.5, 0.6) is 0 Å². The minimum Gasteiger partial charge on any atom is -0.398 e. The average molecular weight is 329 g/mol. The van der Waals surface area contributed by atoms with Crippen LogP contribution in [0.15, 0.2) is 50.7 Å². The Balaban J connectivity index is 2.30. The van der Waals surface area contributed by atoms with Crippen molar-refractivity contribution in [2.45, 2.75) is 16.7 Å². The van der Waals surface area contributed by atoms with Crippen LogP contribution in [-0.4, -0.2) is 0 Å². The molecule has 2 rings (SSSR count). The van der Waals surface area contributed by atoms with Gasteiger partial charge in [0.25, 0.3) is 0 Å². The molecule has 0 atom stereocenters. The third kappa shape index (κ3) is 3.18. The molecule has 0 aliphatic carbocycles. The van der Waals surface area contributed by atoms with E-state index in [-0.39, 0.29) is 0 Å². The molecule has 0 aromatic heterocycles. The van der Waals surface area contributed by atoms with Gasteiger partial charge in [-0.05, 0) is 64.8 Å². The van der Waals surface area contributed by atoms with E-state index in [0.29, 0.717) is 0 Å². The van der Waals surface area contributed by atoms with Gasteiger partial charge in [-0.1, -0.05) is 23.4 Å². The van der Waals surface area contributed by atoms with Gasteiger partial charge in [-0.15, -0.1) is 0 Å². The second-order valence-corrected chi connectivity index (χ2v) is 6.10. The SMILES string of the molecule is Cc1cc(Sc2ccc(Cl)cc2)c(Br)cc1N. The van der Waals surface area contributed by atoms with Crippen molar-refractivity contribution in [3.8, 4) is 0 Å². The van der Waals surface area contributed by atoms with Gasteiger partial charge in [0.15, 0.2) is 0 Å². The maximum absolute atomic E-state index is 5.86. The predicted molar refractivity (Wildman–Crippen MR) is 78.9 cm³/mol. The summed E-state index contributed by atoms with van der Waals surface area (Å²) in [7, 11) is 0. The molecule has 0 aliphatic heterocycles. The van der Waals surface area contributed by atoms with Gasteiger partial charge in [-0.2, -0.15) is 0 Å². The summed E-state index contributed by atoms with van der Waals surface area (Å²) in [6.07, 6.45) is 0. The molecule has 0 saturated heterocycles. The fourth-order valence-electron chi connectivity index (χ4n) is 1.38. The second kappa shape index (κ2) is 5.34. The lowest BCUT2D eigenvalue weighted by Crippen LogP contribution is -1.90. The van der Waals surface area contributed by atoms with Crippen molar-refractivity contribution in [3.05, 3.63) is 51.5 Å². The van der Waals surface area contributed by atoms with Crippen LogP contribution in [0.25, 0.3) is 0 Å². The number of anilines is 1. The number of hydrogen-bond donors (Lipinski definition) is 1. The van der Waals surface area contributed by atoms with E-state index < -0.39 is 0 Å². The van der Waals surface area contributed by atoms with Gasteiger partial charge in [0.05, 0.1) is 0 Å². The largest absolute Gasteiger partial charge is 0.398 e. The molecule has 0 fully saturated rings. The molecule has 0 heterocycles. The van der Waals surface area contributed by atoms with E-state index in [4.69, 9.17) is 17.3 Å². The van der Waals surface area contributed by atoms with Crippen molar-refractivity contribution in [1.82, 2.24) is 0 Å². The molecule has 2 N–H and O–H groups in total. The summed E-state index contributed by atoms with van der Waals surface area (Å²) in [5, 5.41) is 0.752. The first-order valence-electron chi connectivity index (χ1n) is 5.05. The van der Waals surface area contributed by atoms with Crippen LogP contribution in [0.1, 0.15) is 5.56 Å². The molecule has 0 unspecified atom stereocenters. The molecule has 2 aromatic rings. The zero-order valence-electron chi connectivity index (χ0n) is 9.21. The van der Waals surface area contributed by atoms with E-state index in [1.165, 1.54) is 0 Å². The molecule has 0 radical (unpaired) electrons. The molecule has 88 valence electrons. The lowest BCUT2D eigenvalue weighted by atomic mass is 10.2. The van der Waals surface area contributed by atoms with Gasteiger partial charge in [0.1, 0.15) is 0 Å². The first-order valence-corrected chi connectivity index (χ1v) is 7.04. The summed E-state index contributed by atoms with van der Waals surface area (Å²) in [6, 6.07) is 11.8. The average Bonchev–Trinajstić information content (AvgIpc) is 2.29. The van der Waals surface area contributed by atoms with Crippen LogP contribution in [0.3, 0.4) is 0 Å². The van der Waals surface area contributed by atoms with Crippen molar-refractivity contribution in [3.63, 3.8) is 0 Å². The zero-order chi connectivity index (χ0) is 12.4. The van der Waals surface area contributed by atoms with E-state index in [0.717, 1.165) is 30.5 Å². The van der Waals surface area contributed by atoms with Gasteiger partial charge >= 0.3 is 0 Å². The van der Waals surface area contributed by atoms with Crippen molar-refractivity contribution in [1.29, 1.82) is 0 Å². The molecule has 0 saturated carbocycles. The molecule has 0 amide bonds. The molecule has 0 bridgehead atoms. The molecule has 1 nitrogen and oxygen atoms in total. The number of benzene rings is 2. The number of rotatable bonds is 2. The van der Waals surface area contributed by atoms with Crippen molar-refractivity contribution >= 4 is 45.0 Å². The zero-order valence-corrected chi connectivity index (χ0v) is 12.4. The highest BCUT2D eigenvalue weighted by atomic mass is 79.9. The van der Waals surface area contributed by atoms with E-state index in [2.05, 4.69) is 22.0 Å². The Labute approximate surface area is 118 Å². The third-order valence-corrected chi connectivity index (χ3v) is 4.60. The maximum Gasteiger partial charge on any atom is 0.0406 e. The predicted octanol–water partition coefficient (Wildman–Crippen LogP) is 5.14. The Morgan fingerprint density at radius 1 is 1.18 bits per heavy atom. The summed E-state index contributed by atoms with van der Waals surface area (Å²) in [4.78, 5) is 2.30. The van der Waals surface area contributed by atoms with Gasteiger partial charge in [0.2, 0.25) is 0 Å². The molecule has 17 heavy (non-hydrogen) atoms. The minimum absolute atomic E-state index is 0.752. The standard InChI is InChI=1S/C13H11BrClNS/c1-8-6-13(11(14)7-12(8)16)17-10-4-2-9(15)3-5-10/h2-7H,16H2,1H3. The minimum atomic E-state index is 0.752. The number of aryl methyl sites for hydroxylation is 1. The first-order chi connectivity index (χ1) is 8.06. The Morgan fingerprint density at radius 3 is 2.47 bits per heavy atom. The van der Waals surface area contributed by atoms with Gasteiger partial charge < -0.3 is 5.73 Å². The molecule has 2 aromatic carbocycles.